The quantitative estimate of drug-likeness (QED) is 0.771. The van der Waals surface area contributed by atoms with Gasteiger partial charge in [-0.15, -0.1) is 12.4 Å². The van der Waals surface area contributed by atoms with Crippen molar-refractivity contribution in [3.8, 4) is 0 Å². The number of benzene rings is 2. The smallest absolute Gasteiger partial charge is 0.176 e. The Labute approximate surface area is 140 Å². The monoisotopic (exact) mass is 367 g/mol. The summed E-state index contributed by atoms with van der Waals surface area (Å²) in [6.07, 6.45) is 0.925. The highest BCUT2D eigenvalue weighted by atomic mass is 79.9. The lowest BCUT2D eigenvalue weighted by molar-refractivity contribution is 0.0988. The highest BCUT2D eigenvalue weighted by molar-refractivity contribution is 9.10. The van der Waals surface area contributed by atoms with Crippen molar-refractivity contribution in [1.82, 2.24) is 5.32 Å². The van der Waals surface area contributed by atoms with Gasteiger partial charge >= 0.3 is 0 Å². The van der Waals surface area contributed by atoms with Crippen molar-refractivity contribution in [2.45, 2.75) is 19.4 Å². The summed E-state index contributed by atoms with van der Waals surface area (Å²) in [6, 6.07) is 18.0. The number of ketones is 1. The molecule has 1 atom stereocenters. The van der Waals surface area contributed by atoms with Gasteiger partial charge in [-0.2, -0.15) is 0 Å². The lowest BCUT2D eigenvalue weighted by atomic mass is 10.1. The molecule has 0 heterocycles. The van der Waals surface area contributed by atoms with E-state index in [2.05, 4.69) is 40.3 Å². The summed E-state index contributed by atoms with van der Waals surface area (Å²) in [6.45, 7) is 2.47. The minimum atomic E-state index is 0. The zero-order chi connectivity index (χ0) is 14.4. The molecule has 4 heteroatoms. The maximum Gasteiger partial charge on any atom is 0.176 e. The fraction of sp³-hybridized carbons (Fsp3) is 0.235. The Hall–Kier alpha value is -1.16. The van der Waals surface area contributed by atoms with E-state index in [9.17, 15) is 4.79 Å². The predicted molar refractivity (Wildman–Crippen MR) is 93.3 cm³/mol. The van der Waals surface area contributed by atoms with E-state index < -0.39 is 0 Å². The molecular formula is C17H19BrClNO. The van der Waals surface area contributed by atoms with Crippen LogP contribution in [0.5, 0.6) is 0 Å². The highest BCUT2D eigenvalue weighted by Crippen LogP contribution is 2.11. The van der Waals surface area contributed by atoms with Crippen molar-refractivity contribution in [2.24, 2.45) is 0 Å². The summed E-state index contributed by atoms with van der Waals surface area (Å²) in [4.78, 5) is 12.0. The Morgan fingerprint density at radius 2 is 1.71 bits per heavy atom. The molecule has 0 unspecified atom stereocenters. The average molecular weight is 369 g/mol. The van der Waals surface area contributed by atoms with Crippen LogP contribution in [0.3, 0.4) is 0 Å². The molecule has 0 aromatic heterocycles. The van der Waals surface area contributed by atoms with E-state index in [1.807, 2.05) is 42.5 Å². The predicted octanol–water partition coefficient (Wildman–Crippen LogP) is 4.27. The first-order valence-corrected chi connectivity index (χ1v) is 7.50. The summed E-state index contributed by atoms with van der Waals surface area (Å²) in [5.74, 6) is 0.123. The van der Waals surface area contributed by atoms with E-state index in [1.165, 1.54) is 5.56 Å². The molecule has 0 fully saturated rings. The van der Waals surface area contributed by atoms with Gasteiger partial charge in [0, 0.05) is 16.1 Å². The second kappa shape index (κ2) is 8.98. The van der Waals surface area contributed by atoms with E-state index in [0.717, 1.165) is 16.5 Å². The lowest BCUT2D eigenvalue weighted by Crippen LogP contribution is -2.33. The molecule has 0 amide bonds. The van der Waals surface area contributed by atoms with Crippen LogP contribution in [0.25, 0.3) is 0 Å². The number of rotatable bonds is 6. The van der Waals surface area contributed by atoms with Crippen LogP contribution in [0.15, 0.2) is 59.1 Å². The molecule has 0 spiro atoms. The summed E-state index contributed by atoms with van der Waals surface area (Å²) >= 11 is 3.37. The van der Waals surface area contributed by atoms with Gasteiger partial charge in [-0.1, -0.05) is 58.4 Å². The first-order chi connectivity index (χ1) is 9.65. The van der Waals surface area contributed by atoms with Gasteiger partial charge in [-0.25, -0.2) is 0 Å². The molecule has 112 valence electrons. The fourth-order valence-electron chi connectivity index (χ4n) is 2.04. The van der Waals surface area contributed by atoms with Crippen LogP contribution < -0.4 is 5.32 Å². The van der Waals surface area contributed by atoms with E-state index in [1.54, 1.807) is 0 Å². The molecule has 0 aliphatic rings. The van der Waals surface area contributed by atoms with Gasteiger partial charge in [0.05, 0.1) is 6.54 Å². The Morgan fingerprint density at radius 3 is 2.33 bits per heavy atom. The molecule has 2 nitrogen and oxygen atoms in total. The lowest BCUT2D eigenvalue weighted by Gasteiger charge is -2.13. The Kier molecular flexibility index (Phi) is 7.65. The average Bonchev–Trinajstić information content (AvgIpc) is 2.46. The van der Waals surface area contributed by atoms with Crippen LogP contribution in [-0.4, -0.2) is 18.4 Å². The van der Waals surface area contributed by atoms with Crippen molar-refractivity contribution in [1.29, 1.82) is 0 Å². The molecule has 2 rings (SSSR count). The molecule has 1 N–H and O–H groups in total. The van der Waals surface area contributed by atoms with Crippen molar-refractivity contribution < 1.29 is 4.79 Å². The Balaban J connectivity index is 0.00000220. The second-order valence-electron chi connectivity index (χ2n) is 4.90. The first kappa shape index (κ1) is 17.9. The van der Waals surface area contributed by atoms with Gasteiger partial charge in [-0.05, 0) is 31.0 Å². The second-order valence-corrected chi connectivity index (χ2v) is 5.82. The van der Waals surface area contributed by atoms with Crippen LogP contribution in [-0.2, 0) is 6.42 Å². The van der Waals surface area contributed by atoms with Crippen LogP contribution in [0.1, 0.15) is 22.8 Å². The first-order valence-electron chi connectivity index (χ1n) is 6.71. The van der Waals surface area contributed by atoms with Crippen molar-refractivity contribution in [3.63, 3.8) is 0 Å². The molecule has 2 aromatic carbocycles. The van der Waals surface area contributed by atoms with E-state index in [-0.39, 0.29) is 24.2 Å². The third kappa shape index (κ3) is 6.00. The topological polar surface area (TPSA) is 29.1 Å². The SMILES string of the molecule is C[C@@H](Cc1ccccc1)NCC(=O)c1ccc(Br)cc1.Cl. The van der Waals surface area contributed by atoms with Crippen LogP contribution in [0.2, 0.25) is 0 Å². The maximum atomic E-state index is 12.0. The highest BCUT2D eigenvalue weighted by Gasteiger charge is 2.08. The Bertz CT molecular complexity index is 557. The molecule has 2 aromatic rings. The van der Waals surface area contributed by atoms with Gasteiger partial charge in [0.15, 0.2) is 5.78 Å². The number of hydrogen-bond acceptors (Lipinski definition) is 2. The fourth-order valence-corrected chi connectivity index (χ4v) is 2.31. The molecule has 0 aliphatic carbocycles. The van der Waals surface area contributed by atoms with Crippen LogP contribution >= 0.6 is 28.3 Å². The molecular weight excluding hydrogens is 350 g/mol. The standard InChI is InChI=1S/C17H18BrNO.ClH/c1-13(11-14-5-3-2-4-6-14)19-12-17(20)15-7-9-16(18)10-8-15;/h2-10,13,19H,11-12H2,1H3;1H/t13-;/m0./s1. The summed E-state index contributed by atoms with van der Waals surface area (Å²) in [5.41, 5.74) is 2.02. The number of hydrogen-bond donors (Lipinski definition) is 1. The van der Waals surface area contributed by atoms with Crippen LogP contribution in [0, 0.1) is 0 Å². The maximum absolute atomic E-state index is 12.0. The molecule has 0 saturated carbocycles. The third-order valence-corrected chi connectivity index (χ3v) is 3.69. The number of halogens is 2. The largest absolute Gasteiger partial charge is 0.307 e. The third-order valence-electron chi connectivity index (χ3n) is 3.16. The normalized spacial score (nSPS) is 11.5. The van der Waals surface area contributed by atoms with Crippen LogP contribution in [0.4, 0.5) is 0 Å². The van der Waals surface area contributed by atoms with Gasteiger partial charge in [-0.3, -0.25) is 4.79 Å². The molecule has 21 heavy (non-hydrogen) atoms. The zero-order valence-electron chi connectivity index (χ0n) is 11.9. The van der Waals surface area contributed by atoms with E-state index >= 15 is 0 Å². The van der Waals surface area contributed by atoms with Crippen molar-refractivity contribution >= 4 is 34.1 Å². The number of nitrogens with one attached hydrogen (secondary N) is 1. The van der Waals surface area contributed by atoms with Gasteiger partial charge in [0.1, 0.15) is 0 Å². The summed E-state index contributed by atoms with van der Waals surface area (Å²) < 4.78 is 0.986. The van der Waals surface area contributed by atoms with Gasteiger partial charge in [0.2, 0.25) is 0 Å². The summed E-state index contributed by atoms with van der Waals surface area (Å²) in [5, 5.41) is 3.28. The van der Waals surface area contributed by atoms with E-state index in [4.69, 9.17) is 0 Å². The molecule has 0 radical (unpaired) electrons. The Morgan fingerprint density at radius 1 is 1.10 bits per heavy atom. The van der Waals surface area contributed by atoms with Crippen molar-refractivity contribution in [2.75, 3.05) is 6.54 Å². The number of Topliss-reactive ketones (excluding diaryl/α,β-unsaturated/α-hetero) is 1. The number of carbonyl (C=O) groups is 1. The van der Waals surface area contributed by atoms with Gasteiger partial charge in [0.25, 0.3) is 0 Å². The number of carbonyl (C=O) groups excluding carboxylic acids is 1. The minimum absolute atomic E-state index is 0. The van der Waals surface area contributed by atoms with Gasteiger partial charge < -0.3 is 5.32 Å². The van der Waals surface area contributed by atoms with E-state index in [0.29, 0.717) is 6.54 Å². The molecule has 0 saturated heterocycles. The molecule has 0 bridgehead atoms. The minimum Gasteiger partial charge on any atom is -0.307 e. The summed E-state index contributed by atoms with van der Waals surface area (Å²) in [7, 11) is 0. The van der Waals surface area contributed by atoms with Crippen molar-refractivity contribution in [3.05, 3.63) is 70.2 Å². The zero-order valence-corrected chi connectivity index (χ0v) is 14.3. The molecule has 0 aliphatic heterocycles.